The lowest BCUT2D eigenvalue weighted by Gasteiger charge is -2.26. The van der Waals surface area contributed by atoms with E-state index in [9.17, 15) is 0 Å². The van der Waals surface area contributed by atoms with Crippen molar-refractivity contribution in [3.05, 3.63) is 290 Å². The molecule has 14 rings (SSSR count). The topological polar surface area (TPSA) is 86.8 Å². The van der Waals surface area contributed by atoms with E-state index in [1.807, 2.05) is 97.1 Å². The van der Waals surface area contributed by atoms with Crippen molar-refractivity contribution in [3.8, 4) is 46.0 Å². The van der Waals surface area contributed by atoms with Gasteiger partial charge in [-0.2, -0.15) is 0 Å². The van der Waals surface area contributed by atoms with Crippen LogP contribution in [-0.2, 0) is 0 Å². The summed E-state index contributed by atoms with van der Waals surface area (Å²) in [4.78, 5) is 9.38. The Hall–Kier alpha value is -10.7. The highest BCUT2D eigenvalue weighted by molar-refractivity contribution is 5.86. The van der Waals surface area contributed by atoms with E-state index in [2.05, 4.69) is 190 Å². The van der Waals surface area contributed by atoms with Crippen molar-refractivity contribution in [2.45, 2.75) is 0 Å². The minimum absolute atomic E-state index is 0.624. The molecule has 5 spiro atoms. The molecule has 0 aromatic heterocycles. The quantitative estimate of drug-likeness (QED) is 0.0728. The number of fused-ring (bicyclic) bond motifs is 6. The second-order valence-corrected chi connectivity index (χ2v) is 22.8. The van der Waals surface area contributed by atoms with Crippen LogP contribution in [0.4, 0.5) is 45.5 Å². The van der Waals surface area contributed by atoms with E-state index >= 15 is 0 Å². The molecule has 89 heavy (non-hydrogen) atoms. The zero-order valence-corrected chi connectivity index (χ0v) is 51.0. The molecule has 0 saturated heterocycles. The van der Waals surface area contributed by atoms with Gasteiger partial charge in [0.15, 0.2) is 0 Å². The van der Waals surface area contributed by atoms with Crippen LogP contribution in [0.25, 0.3) is 0 Å². The number of allylic oxidation sites excluding steroid dienone is 12. The summed E-state index contributed by atoms with van der Waals surface area (Å²) in [5.41, 5.74) is 8.64. The van der Waals surface area contributed by atoms with Crippen molar-refractivity contribution in [3.63, 3.8) is 0 Å². The first-order valence-corrected chi connectivity index (χ1v) is 29.6. The standard InChI is InChI=1S/C77H68N4O8/c1-82-65-25-9-53(10-26-65)78(54-11-27-66(83-2)28-12-54)61-41-45-73(49-61)74(46-42-62(50-74)79(55-13-29-67(84-3)30-14-55)56-15-31-68(85-4)32-16-56)77(73)75(47-43-63(51-75)80(57-17-33-69(86-5)34-18-57)58-19-35-70(87-6)36-20-58)76(77)48-44-64(52-76)81(59-21-37-71(88-7)38-22-59)60-23-39-72(89-8)40-24-60/h9-52H,1-8H3. The van der Waals surface area contributed by atoms with E-state index in [4.69, 9.17) is 37.9 Å². The van der Waals surface area contributed by atoms with Crippen LogP contribution in [0.5, 0.6) is 46.0 Å². The third kappa shape index (κ3) is 8.48. The van der Waals surface area contributed by atoms with Crippen molar-refractivity contribution in [1.82, 2.24) is 0 Å². The van der Waals surface area contributed by atoms with Crippen LogP contribution in [0, 0.1) is 27.1 Å². The third-order valence-corrected chi connectivity index (χ3v) is 19.0. The highest BCUT2D eigenvalue weighted by atomic mass is 16.5. The number of methoxy groups -OCH3 is 8. The van der Waals surface area contributed by atoms with Gasteiger partial charge < -0.3 is 57.5 Å². The second kappa shape index (κ2) is 21.9. The van der Waals surface area contributed by atoms with E-state index in [1.165, 1.54) is 0 Å². The number of nitrogens with zero attached hydrogens (tertiary/aromatic N) is 4. The van der Waals surface area contributed by atoms with E-state index < -0.39 is 27.1 Å². The lowest BCUT2D eigenvalue weighted by Crippen LogP contribution is -2.15. The summed E-state index contributed by atoms with van der Waals surface area (Å²) >= 11 is 0. The summed E-state index contributed by atoms with van der Waals surface area (Å²) in [5.74, 6) is 6.17. The fourth-order valence-corrected chi connectivity index (χ4v) is 15.0. The highest BCUT2D eigenvalue weighted by Gasteiger charge is 3.07. The average molecular weight is 1180 g/mol. The minimum atomic E-state index is -0.668. The van der Waals surface area contributed by atoms with Gasteiger partial charge >= 0.3 is 0 Å². The second-order valence-electron chi connectivity index (χ2n) is 22.8. The van der Waals surface area contributed by atoms with Crippen LogP contribution in [0.3, 0.4) is 0 Å². The largest absolute Gasteiger partial charge is 0.497 e. The molecule has 0 aliphatic heterocycles. The molecule has 444 valence electrons. The molecule has 2 saturated carbocycles. The molecule has 8 aromatic carbocycles. The number of hydrogen-bond donors (Lipinski definition) is 0. The van der Waals surface area contributed by atoms with E-state index in [0.717, 1.165) is 114 Å². The molecular weight excluding hydrogens is 1110 g/mol. The first kappa shape index (κ1) is 56.1. The van der Waals surface area contributed by atoms with Crippen LogP contribution in [0.15, 0.2) is 290 Å². The van der Waals surface area contributed by atoms with Crippen molar-refractivity contribution in [2.75, 3.05) is 76.5 Å². The molecule has 12 nitrogen and oxygen atoms in total. The summed E-state index contributed by atoms with van der Waals surface area (Å²) in [6.45, 7) is 0. The van der Waals surface area contributed by atoms with Crippen LogP contribution >= 0.6 is 0 Å². The fraction of sp³-hybridized carbons (Fsp3) is 0.169. The Morgan fingerprint density at radius 3 is 0.461 bits per heavy atom. The number of anilines is 8. The molecule has 6 aliphatic rings. The Balaban J connectivity index is 1.04. The van der Waals surface area contributed by atoms with Crippen LogP contribution < -0.4 is 57.5 Å². The van der Waals surface area contributed by atoms with Gasteiger partial charge in [-0.1, -0.05) is 24.3 Å². The third-order valence-electron chi connectivity index (χ3n) is 19.0. The Labute approximate surface area is 520 Å². The van der Waals surface area contributed by atoms with Gasteiger partial charge in [-0.25, -0.2) is 0 Å². The molecule has 2 fully saturated rings. The SMILES string of the molecule is COc1ccc(N(C2=CC3(C=C2)C2(C=CC(N(c4ccc(OC)cc4)c4ccc(OC)cc4)=C2)C32C3(C=CC(N(c4ccc(OC)cc4)c4ccc(OC)cc4)=C3)C23C=CC(N(c2ccc(OC)cc2)c2ccc(OC)cc2)=C3)c2ccc(OC)cc2)cc1. The van der Waals surface area contributed by atoms with Crippen LogP contribution in [0.2, 0.25) is 0 Å². The van der Waals surface area contributed by atoms with Gasteiger partial charge in [0.25, 0.3) is 0 Å². The van der Waals surface area contributed by atoms with Gasteiger partial charge in [0, 0.05) is 95.4 Å². The van der Waals surface area contributed by atoms with E-state index in [1.54, 1.807) is 56.9 Å². The number of hydrogen-bond acceptors (Lipinski definition) is 12. The van der Waals surface area contributed by atoms with E-state index in [-0.39, 0.29) is 0 Å². The molecule has 0 bridgehead atoms. The fourth-order valence-electron chi connectivity index (χ4n) is 15.0. The Bertz CT molecular complexity index is 3490. The molecule has 4 atom stereocenters. The Morgan fingerprint density at radius 1 is 0.202 bits per heavy atom. The molecule has 0 heterocycles. The Kier molecular flexibility index (Phi) is 13.8. The zero-order chi connectivity index (χ0) is 61.1. The van der Waals surface area contributed by atoms with Gasteiger partial charge in [0.2, 0.25) is 0 Å². The van der Waals surface area contributed by atoms with Crippen molar-refractivity contribution in [2.24, 2.45) is 27.1 Å². The number of rotatable bonds is 20. The summed E-state index contributed by atoms with van der Waals surface area (Å²) in [6.07, 6.45) is 29.6. The summed E-state index contributed by atoms with van der Waals surface area (Å²) < 4.78 is 45.9. The zero-order valence-electron chi connectivity index (χ0n) is 51.0. The Morgan fingerprint density at radius 2 is 0.337 bits per heavy atom. The van der Waals surface area contributed by atoms with Crippen LogP contribution in [0.1, 0.15) is 0 Å². The molecule has 0 amide bonds. The van der Waals surface area contributed by atoms with Gasteiger partial charge in [-0.15, -0.1) is 0 Å². The van der Waals surface area contributed by atoms with Crippen molar-refractivity contribution >= 4 is 45.5 Å². The van der Waals surface area contributed by atoms with Gasteiger partial charge in [-0.3, -0.25) is 0 Å². The van der Waals surface area contributed by atoms with Gasteiger partial charge in [0.05, 0.1) is 56.9 Å². The van der Waals surface area contributed by atoms with Gasteiger partial charge in [0.1, 0.15) is 46.0 Å². The monoisotopic (exact) mass is 1180 g/mol. The maximum atomic E-state index is 5.73. The molecule has 12 heteroatoms. The molecule has 0 radical (unpaired) electrons. The normalized spacial score (nSPS) is 22.5. The smallest absolute Gasteiger partial charge is 0.119 e. The maximum absolute atomic E-state index is 5.73. The predicted octanol–water partition coefficient (Wildman–Crippen LogP) is 17.2. The average Bonchev–Trinajstić information content (AvgIpc) is 1.36. The summed E-state index contributed by atoms with van der Waals surface area (Å²) in [5, 5.41) is 0. The predicted molar refractivity (Wildman–Crippen MR) is 354 cm³/mol. The highest BCUT2D eigenvalue weighted by Crippen LogP contribution is 3.08. The van der Waals surface area contributed by atoms with Gasteiger partial charge in [-0.05, 0) is 243 Å². The molecular formula is C77H68N4O8. The number of benzene rings is 8. The van der Waals surface area contributed by atoms with Crippen molar-refractivity contribution < 1.29 is 37.9 Å². The molecule has 0 N–H and O–H groups in total. The van der Waals surface area contributed by atoms with Crippen LogP contribution in [-0.4, -0.2) is 56.9 Å². The van der Waals surface area contributed by atoms with E-state index in [0.29, 0.717) is 0 Å². The molecule has 4 unspecified atom stereocenters. The number of ether oxygens (including phenoxy) is 8. The minimum Gasteiger partial charge on any atom is -0.497 e. The maximum Gasteiger partial charge on any atom is 0.119 e. The lowest BCUT2D eigenvalue weighted by atomic mass is 9.95. The van der Waals surface area contributed by atoms with Crippen molar-refractivity contribution in [1.29, 1.82) is 0 Å². The molecule has 6 aliphatic carbocycles. The summed E-state index contributed by atoms with van der Waals surface area (Å²) in [7, 11) is 13.6. The first-order valence-electron chi connectivity index (χ1n) is 29.6. The molecule has 8 aromatic rings. The first-order chi connectivity index (χ1) is 43.6. The summed E-state index contributed by atoms with van der Waals surface area (Å²) in [6, 6.07) is 66.3. The lowest BCUT2D eigenvalue weighted by molar-refractivity contribution is 0.414.